The molecule has 2 N–H and O–H groups in total. The van der Waals surface area contributed by atoms with Crippen molar-refractivity contribution >= 4 is 5.91 Å². The molecule has 20 heavy (non-hydrogen) atoms. The van der Waals surface area contributed by atoms with E-state index >= 15 is 0 Å². The van der Waals surface area contributed by atoms with Gasteiger partial charge in [0.1, 0.15) is 0 Å². The monoisotopic (exact) mass is 277 g/mol. The van der Waals surface area contributed by atoms with Crippen molar-refractivity contribution in [2.75, 3.05) is 13.2 Å². The second-order valence-electron chi connectivity index (χ2n) is 6.20. The minimum atomic E-state index is -0.264. The zero-order valence-electron chi connectivity index (χ0n) is 12.9. The second kappa shape index (κ2) is 8.05. The molecule has 0 radical (unpaired) electrons. The molecule has 3 nitrogen and oxygen atoms in total. The van der Waals surface area contributed by atoms with Crippen molar-refractivity contribution in [3.05, 3.63) is 35.4 Å². The largest absolute Gasteiger partial charge is 0.396 e. The fourth-order valence-corrected chi connectivity index (χ4v) is 1.85. The molecular formula is C17H27NO2. The molecule has 0 fully saturated rings. The number of aryl methyl sites for hydroxylation is 1. The molecular weight excluding hydrogens is 250 g/mol. The molecule has 0 aliphatic rings. The average molecular weight is 277 g/mol. The van der Waals surface area contributed by atoms with Crippen LogP contribution in [0.1, 0.15) is 44.7 Å². The number of hydrogen-bond acceptors (Lipinski definition) is 2. The highest BCUT2D eigenvalue weighted by molar-refractivity contribution is 5.78. The van der Waals surface area contributed by atoms with E-state index in [1.54, 1.807) is 0 Å². The highest BCUT2D eigenvalue weighted by Gasteiger charge is 2.17. The Bertz CT molecular complexity index is 410. The number of aliphatic hydroxyl groups is 1. The summed E-state index contributed by atoms with van der Waals surface area (Å²) in [4.78, 5) is 11.8. The van der Waals surface area contributed by atoms with Crippen molar-refractivity contribution in [2.24, 2.45) is 5.41 Å². The average Bonchev–Trinajstić information content (AvgIpc) is 2.45. The number of benzene rings is 1. The predicted molar refractivity (Wildman–Crippen MR) is 82.6 cm³/mol. The lowest BCUT2D eigenvalue weighted by molar-refractivity contribution is -0.121. The SMILES string of the molecule is CCCCc1ccc(CC(=O)NCC(C)(C)CO)cc1. The van der Waals surface area contributed by atoms with Gasteiger partial charge in [-0.1, -0.05) is 51.5 Å². The summed E-state index contributed by atoms with van der Waals surface area (Å²) in [6.45, 7) is 6.61. The predicted octanol–water partition coefficient (Wildman–Crippen LogP) is 2.71. The van der Waals surface area contributed by atoms with Crippen LogP contribution < -0.4 is 5.32 Å². The molecule has 1 aromatic carbocycles. The third kappa shape index (κ3) is 6.20. The topological polar surface area (TPSA) is 49.3 Å². The highest BCUT2D eigenvalue weighted by Crippen LogP contribution is 2.12. The van der Waals surface area contributed by atoms with Gasteiger partial charge in [0.2, 0.25) is 5.91 Å². The summed E-state index contributed by atoms with van der Waals surface area (Å²) in [5, 5.41) is 12.0. The van der Waals surface area contributed by atoms with Gasteiger partial charge >= 0.3 is 0 Å². The Morgan fingerprint density at radius 1 is 1.20 bits per heavy atom. The lowest BCUT2D eigenvalue weighted by Gasteiger charge is -2.21. The maximum absolute atomic E-state index is 11.8. The summed E-state index contributed by atoms with van der Waals surface area (Å²) >= 11 is 0. The normalized spacial score (nSPS) is 11.4. The summed E-state index contributed by atoms with van der Waals surface area (Å²) in [5.74, 6) is 0.00725. The van der Waals surface area contributed by atoms with Crippen LogP contribution in [-0.4, -0.2) is 24.2 Å². The lowest BCUT2D eigenvalue weighted by Crippen LogP contribution is -2.36. The van der Waals surface area contributed by atoms with Crippen LogP contribution in [0.2, 0.25) is 0 Å². The molecule has 0 aliphatic carbocycles. The number of rotatable bonds is 8. The first-order chi connectivity index (χ1) is 9.46. The summed E-state index contributed by atoms with van der Waals surface area (Å²) in [6.07, 6.45) is 3.91. The number of amides is 1. The van der Waals surface area contributed by atoms with Crippen LogP contribution in [0.5, 0.6) is 0 Å². The third-order valence-electron chi connectivity index (χ3n) is 3.40. The molecule has 0 unspecified atom stereocenters. The maximum Gasteiger partial charge on any atom is 0.224 e. The number of unbranched alkanes of at least 4 members (excludes halogenated alkanes) is 1. The number of carbonyl (C=O) groups is 1. The Hall–Kier alpha value is -1.35. The van der Waals surface area contributed by atoms with Gasteiger partial charge in [-0.3, -0.25) is 4.79 Å². The molecule has 0 spiro atoms. The van der Waals surface area contributed by atoms with E-state index in [1.165, 1.54) is 18.4 Å². The number of carbonyl (C=O) groups excluding carboxylic acids is 1. The maximum atomic E-state index is 11.8. The first kappa shape index (κ1) is 16.7. The molecule has 0 saturated heterocycles. The van der Waals surface area contributed by atoms with Gasteiger partial charge in [-0.05, 0) is 24.0 Å². The van der Waals surface area contributed by atoms with E-state index in [4.69, 9.17) is 5.11 Å². The number of hydrogen-bond donors (Lipinski definition) is 2. The Labute approximate surface area is 122 Å². The van der Waals surface area contributed by atoms with Crippen LogP contribution >= 0.6 is 0 Å². The van der Waals surface area contributed by atoms with E-state index in [0.717, 1.165) is 12.0 Å². The van der Waals surface area contributed by atoms with Crippen molar-refractivity contribution < 1.29 is 9.90 Å². The van der Waals surface area contributed by atoms with E-state index in [0.29, 0.717) is 13.0 Å². The van der Waals surface area contributed by atoms with Crippen molar-refractivity contribution in [2.45, 2.75) is 46.5 Å². The third-order valence-corrected chi connectivity index (χ3v) is 3.40. The summed E-state index contributed by atoms with van der Waals surface area (Å²) in [7, 11) is 0. The van der Waals surface area contributed by atoms with Gasteiger partial charge < -0.3 is 10.4 Å². The van der Waals surface area contributed by atoms with E-state index < -0.39 is 0 Å². The van der Waals surface area contributed by atoms with Gasteiger partial charge in [-0.15, -0.1) is 0 Å². The van der Waals surface area contributed by atoms with E-state index in [1.807, 2.05) is 26.0 Å². The van der Waals surface area contributed by atoms with Gasteiger partial charge in [0.15, 0.2) is 0 Å². The zero-order valence-corrected chi connectivity index (χ0v) is 12.9. The second-order valence-corrected chi connectivity index (χ2v) is 6.20. The molecule has 0 bridgehead atoms. The number of nitrogens with one attached hydrogen (secondary N) is 1. The van der Waals surface area contributed by atoms with Crippen LogP contribution in [0.25, 0.3) is 0 Å². The summed E-state index contributed by atoms with van der Waals surface area (Å²) in [5.41, 5.74) is 2.10. The highest BCUT2D eigenvalue weighted by atomic mass is 16.3. The van der Waals surface area contributed by atoms with E-state index in [2.05, 4.69) is 24.4 Å². The molecule has 1 amide bonds. The zero-order chi connectivity index (χ0) is 15.0. The van der Waals surface area contributed by atoms with Crippen LogP contribution in [0, 0.1) is 5.41 Å². The quantitative estimate of drug-likeness (QED) is 0.767. The molecule has 0 atom stereocenters. The minimum absolute atomic E-state index is 0.00725. The molecule has 3 heteroatoms. The molecule has 1 aromatic rings. The Morgan fingerprint density at radius 2 is 1.80 bits per heavy atom. The Kier molecular flexibility index (Phi) is 6.73. The fourth-order valence-electron chi connectivity index (χ4n) is 1.85. The molecule has 112 valence electrons. The first-order valence-electron chi connectivity index (χ1n) is 7.42. The summed E-state index contributed by atoms with van der Waals surface area (Å²) < 4.78 is 0. The van der Waals surface area contributed by atoms with Gasteiger partial charge in [0.25, 0.3) is 0 Å². The Balaban J connectivity index is 2.42. The molecule has 1 rings (SSSR count). The van der Waals surface area contributed by atoms with Crippen LogP contribution in [-0.2, 0) is 17.6 Å². The van der Waals surface area contributed by atoms with Crippen LogP contribution in [0.3, 0.4) is 0 Å². The molecule has 0 heterocycles. The molecule has 0 aliphatic heterocycles. The van der Waals surface area contributed by atoms with Crippen LogP contribution in [0.15, 0.2) is 24.3 Å². The van der Waals surface area contributed by atoms with Crippen molar-refractivity contribution in [3.63, 3.8) is 0 Å². The fraction of sp³-hybridized carbons (Fsp3) is 0.588. The van der Waals surface area contributed by atoms with Crippen molar-refractivity contribution in [3.8, 4) is 0 Å². The van der Waals surface area contributed by atoms with Crippen molar-refractivity contribution in [1.29, 1.82) is 0 Å². The van der Waals surface area contributed by atoms with Gasteiger partial charge in [-0.2, -0.15) is 0 Å². The lowest BCUT2D eigenvalue weighted by atomic mass is 9.95. The molecule has 0 aromatic heterocycles. The Morgan fingerprint density at radius 3 is 2.35 bits per heavy atom. The minimum Gasteiger partial charge on any atom is -0.396 e. The van der Waals surface area contributed by atoms with E-state index in [9.17, 15) is 4.79 Å². The number of aliphatic hydroxyl groups excluding tert-OH is 1. The van der Waals surface area contributed by atoms with E-state index in [-0.39, 0.29) is 17.9 Å². The van der Waals surface area contributed by atoms with Gasteiger partial charge in [0.05, 0.1) is 6.42 Å². The van der Waals surface area contributed by atoms with Gasteiger partial charge in [-0.25, -0.2) is 0 Å². The molecule has 0 saturated carbocycles. The van der Waals surface area contributed by atoms with Gasteiger partial charge in [0, 0.05) is 18.6 Å². The standard InChI is InChI=1S/C17H27NO2/c1-4-5-6-14-7-9-15(10-8-14)11-16(20)18-12-17(2,3)13-19/h7-10,19H,4-6,11-13H2,1-3H3,(H,18,20). The smallest absolute Gasteiger partial charge is 0.224 e. The van der Waals surface area contributed by atoms with Crippen LogP contribution in [0.4, 0.5) is 0 Å². The first-order valence-corrected chi connectivity index (χ1v) is 7.42. The van der Waals surface area contributed by atoms with Crippen molar-refractivity contribution in [1.82, 2.24) is 5.32 Å². The summed E-state index contributed by atoms with van der Waals surface area (Å²) in [6, 6.07) is 8.27.